The molecule has 1 fully saturated rings. The molecule has 4 nitrogen and oxygen atoms in total. The van der Waals surface area contributed by atoms with Crippen molar-refractivity contribution in [3.05, 3.63) is 75.5 Å². The SMILES string of the molecule is CCN1c2cc(C)c(/C=C3\SC(=O)N(Cc4ccccc4F)C3=O)cc2C(C)=CC1(C)C. The van der Waals surface area contributed by atoms with Gasteiger partial charge in [-0.05, 0) is 87.4 Å². The van der Waals surface area contributed by atoms with Crippen molar-refractivity contribution in [2.45, 2.75) is 46.7 Å². The Morgan fingerprint density at radius 2 is 1.84 bits per heavy atom. The summed E-state index contributed by atoms with van der Waals surface area (Å²) >= 11 is 0.904. The lowest BCUT2D eigenvalue weighted by atomic mass is 9.87. The van der Waals surface area contributed by atoms with Crippen LogP contribution in [0.3, 0.4) is 0 Å². The molecule has 0 aliphatic carbocycles. The molecular formula is C26H27FN2O2S. The number of halogens is 1. The molecule has 2 heterocycles. The Kier molecular flexibility index (Phi) is 5.76. The summed E-state index contributed by atoms with van der Waals surface area (Å²) in [7, 11) is 0. The molecule has 0 saturated carbocycles. The molecule has 0 atom stereocenters. The molecule has 0 radical (unpaired) electrons. The average Bonchev–Trinajstić information content (AvgIpc) is 2.98. The summed E-state index contributed by atoms with van der Waals surface area (Å²) in [5, 5.41) is -0.380. The second-order valence-corrected chi connectivity index (χ2v) is 9.80. The number of amides is 2. The number of benzene rings is 2. The summed E-state index contributed by atoms with van der Waals surface area (Å²) in [5.74, 6) is -0.810. The van der Waals surface area contributed by atoms with Gasteiger partial charge in [-0.1, -0.05) is 24.3 Å². The molecule has 166 valence electrons. The van der Waals surface area contributed by atoms with Crippen molar-refractivity contribution in [1.82, 2.24) is 4.90 Å². The number of thioether (sulfide) groups is 1. The van der Waals surface area contributed by atoms with Crippen molar-refractivity contribution in [3.8, 4) is 0 Å². The topological polar surface area (TPSA) is 40.6 Å². The van der Waals surface area contributed by atoms with Crippen molar-refractivity contribution in [2.75, 3.05) is 11.4 Å². The molecule has 0 spiro atoms. The van der Waals surface area contributed by atoms with Crippen LogP contribution in [0.25, 0.3) is 11.6 Å². The maximum absolute atomic E-state index is 14.0. The van der Waals surface area contributed by atoms with Crippen LogP contribution < -0.4 is 4.90 Å². The Labute approximate surface area is 192 Å². The fourth-order valence-electron chi connectivity index (χ4n) is 4.55. The fraction of sp³-hybridized carbons (Fsp3) is 0.308. The third-order valence-electron chi connectivity index (χ3n) is 6.13. The zero-order valence-corrected chi connectivity index (χ0v) is 19.8. The van der Waals surface area contributed by atoms with Gasteiger partial charge in [-0.15, -0.1) is 0 Å². The van der Waals surface area contributed by atoms with Gasteiger partial charge in [-0.25, -0.2) is 4.39 Å². The molecule has 0 bridgehead atoms. The van der Waals surface area contributed by atoms with E-state index in [2.05, 4.69) is 50.8 Å². The highest BCUT2D eigenvalue weighted by Gasteiger charge is 2.36. The van der Waals surface area contributed by atoms with Gasteiger partial charge in [-0.3, -0.25) is 14.5 Å². The molecule has 6 heteroatoms. The molecule has 2 aliphatic rings. The number of aryl methyl sites for hydroxylation is 1. The van der Waals surface area contributed by atoms with Crippen molar-refractivity contribution >= 4 is 40.2 Å². The summed E-state index contributed by atoms with van der Waals surface area (Å²) in [5.41, 5.74) is 5.70. The molecule has 4 rings (SSSR count). The number of hydrogen-bond acceptors (Lipinski definition) is 4. The van der Waals surface area contributed by atoms with E-state index >= 15 is 0 Å². The predicted molar refractivity (Wildman–Crippen MR) is 130 cm³/mol. The third-order valence-corrected chi connectivity index (χ3v) is 7.04. The van der Waals surface area contributed by atoms with Gasteiger partial charge < -0.3 is 4.90 Å². The number of rotatable bonds is 4. The zero-order valence-electron chi connectivity index (χ0n) is 19.0. The van der Waals surface area contributed by atoms with Crippen LogP contribution in [0.2, 0.25) is 0 Å². The highest BCUT2D eigenvalue weighted by atomic mass is 32.2. The first kappa shape index (κ1) is 22.3. The van der Waals surface area contributed by atoms with E-state index in [1.807, 2.05) is 6.92 Å². The number of hydrogen-bond donors (Lipinski definition) is 0. The van der Waals surface area contributed by atoms with Crippen LogP contribution in [-0.2, 0) is 11.3 Å². The molecule has 0 unspecified atom stereocenters. The van der Waals surface area contributed by atoms with Gasteiger partial charge in [0.1, 0.15) is 5.82 Å². The number of fused-ring (bicyclic) bond motifs is 1. The molecule has 2 amide bonds. The summed E-state index contributed by atoms with van der Waals surface area (Å²) in [6, 6.07) is 10.5. The van der Waals surface area contributed by atoms with Crippen LogP contribution >= 0.6 is 11.8 Å². The smallest absolute Gasteiger partial charge is 0.293 e. The minimum Gasteiger partial charge on any atom is -0.363 e. The normalized spacial score (nSPS) is 18.9. The van der Waals surface area contributed by atoms with Gasteiger partial charge in [0.2, 0.25) is 0 Å². The molecule has 2 aliphatic heterocycles. The van der Waals surface area contributed by atoms with E-state index in [1.54, 1.807) is 24.3 Å². The van der Waals surface area contributed by atoms with E-state index in [9.17, 15) is 14.0 Å². The lowest BCUT2D eigenvalue weighted by Gasteiger charge is -2.43. The summed E-state index contributed by atoms with van der Waals surface area (Å²) in [6.45, 7) is 11.5. The number of allylic oxidation sites excluding steroid dienone is 1. The lowest BCUT2D eigenvalue weighted by Crippen LogP contribution is -2.44. The van der Waals surface area contributed by atoms with Crippen LogP contribution in [0, 0.1) is 12.7 Å². The number of carbonyl (C=O) groups is 2. The van der Waals surface area contributed by atoms with Gasteiger partial charge in [0.05, 0.1) is 17.0 Å². The van der Waals surface area contributed by atoms with Crippen molar-refractivity contribution in [2.24, 2.45) is 0 Å². The Morgan fingerprint density at radius 3 is 2.53 bits per heavy atom. The van der Waals surface area contributed by atoms with E-state index in [-0.39, 0.29) is 23.2 Å². The zero-order chi connectivity index (χ0) is 23.2. The summed E-state index contributed by atoms with van der Waals surface area (Å²) < 4.78 is 14.0. The van der Waals surface area contributed by atoms with Gasteiger partial charge in [0.25, 0.3) is 11.1 Å². The third kappa shape index (κ3) is 3.88. The monoisotopic (exact) mass is 450 g/mol. The number of carbonyl (C=O) groups excluding carboxylic acids is 2. The second kappa shape index (κ2) is 8.24. The van der Waals surface area contributed by atoms with Crippen LogP contribution in [0.4, 0.5) is 14.9 Å². The molecule has 32 heavy (non-hydrogen) atoms. The predicted octanol–water partition coefficient (Wildman–Crippen LogP) is 6.39. The van der Waals surface area contributed by atoms with Gasteiger partial charge in [0, 0.05) is 23.4 Å². The summed E-state index contributed by atoms with van der Waals surface area (Å²) in [4.78, 5) is 29.3. The standard InChI is InChI=1S/C26H27FN2O2S/c1-6-29-22-11-16(2)19(12-20(22)17(3)14-26(29,4)5)13-23-24(30)28(25(31)32-23)15-18-9-7-8-10-21(18)27/h7-14H,6,15H2,1-5H3/b23-13-. The maximum atomic E-state index is 14.0. The highest BCUT2D eigenvalue weighted by Crippen LogP contribution is 2.41. The van der Waals surface area contributed by atoms with Crippen molar-refractivity contribution < 1.29 is 14.0 Å². The van der Waals surface area contributed by atoms with Crippen LogP contribution in [-0.4, -0.2) is 28.1 Å². The molecule has 1 saturated heterocycles. The van der Waals surface area contributed by atoms with Gasteiger partial charge in [0.15, 0.2) is 0 Å². The Hall–Kier alpha value is -2.86. The van der Waals surface area contributed by atoms with E-state index in [0.29, 0.717) is 10.5 Å². The molecule has 0 N–H and O–H groups in total. The second-order valence-electron chi connectivity index (χ2n) is 8.81. The number of likely N-dealkylation sites (N-methyl/N-ethyl adjacent to an activating group) is 1. The van der Waals surface area contributed by atoms with Crippen molar-refractivity contribution in [1.29, 1.82) is 0 Å². The number of imide groups is 1. The Morgan fingerprint density at radius 1 is 1.12 bits per heavy atom. The number of nitrogens with zero attached hydrogens (tertiary/aromatic N) is 2. The first-order chi connectivity index (χ1) is 15.1. The van der Waals surface area contributed by atoms with E-state index in [1.165, 1.54) is 17.3 Å². The van der Waals surface area contributed by atoms with Crippen molar-refractivity contribution in [3.63, 3.8) is 0 Å². The van der Waals surface area contributed by atoms with E-state index in [4.69, 9.17) is 0 Å². The van der Waals surface area contributed by atoms with Crippen LogP contribution in [0.5, 0.6) is 0 Å². The number of anilines is 1. The first-order valence-corrected chi connectivity index (χ1v) is 11.5. The fourth-order valence-corrected chi connectivity index (χ4v) is 5.38. The largest absolute Gasteiger partial charge is 0.363 e. The lowest BCUT2D eigenvalue weighted by molar-refractivity contribution is -0.123. The van der Waals surface area contributed by atoms with Gasteiger partial charge >= 0.3 is 0 Å². The first-order valence-electron chi connectivity index (χ1n) is 10.7. The Bertz CT molecular complexity index is 1180. The minimum absolute atomic E-state index is 0.0692. The van der Waals surface area contributed by atoms with Crippen LogP contribution in [0.15, 0.2) is 47.4 Å². The quantitative estimate of drug-likeness (QED) is 0.506. The average molecular weight is 451 g/mol. The van der Waals surface area contributed by atoms with E-state index < -0.39 is 5.82 Å². The molecule has 2 aromatic carbocycles. The van der Waals surface area contributed by atoms with E-state index in [0.717, 1.165) is 39.9 Å². The highest BCUT2D eigenvalue weighted by molar-refractivity contribution is 8.18. The summed E-state index contributed by atoms with van der Waals surface area (Å²) in [6.07, 6.45) is 4.05. The van der Waals surface area contributed by atoms with Crippen LogP contribution in [0.1, 0.15) is 49.9 Å². The molecule has 0 aromatic heterocycles. The maximum Gasteiger partial charge on any atom is 0.293 e. The molecular weight excluding hydrogens is 423 g/mol. The van der Waals surface area contributed by atoms with Gasteiger partial charge in [-0.2, -0.15) is 0 Å². The Balaban J connectivity index is 1.68. The molecule has 2 aromatic rings. The minimum atomic E-state index is -0.424.